The Morgan fingerprint density at radius 3 is 2.08 bits per heavy atom. The molecule has 2 N–H and O–H groups in total. The standard InChI is InChI=1S/C21H31NO4/c1-3-10-20(26,11-4-2)16-18(23)22-14-12-21(13-15-22,19(24)25)17-8-6-5-7-9-17/h5-9,26H,3-4,10-16H2,1-2H3,(H,24,25). The number of carbonyl (C=O) groups is 2. The molecule has 26 heavy (non-hydrogen) atoms. The third kappa shape index (κ3) is 4.44. The summed E-state index contributed by atoms with van der Waals surface area (Å²) in [4.78, 5) is 26.4. The van der Waals surface area contributed by atoms with Crippen LogP contribution in [0.15, 0.2) is 30.3 Å². The molecule has 0 bridgehead atoms. The molecule has 0 spiro atoms. The number of amides is 1. The molecule has 1 amide bonds. The fraction of sp³-hybridized carbons (Fsp3) is 0.619. The maximum atomic E-state index is 12.7. The van der Waals surface area contributed by atoms with E-state index in [4.69, 9.17) is 0 Å². The van der Waals surface area contributed by atoms with Crippen molar-refractivity contribution in [1.29, 1.82) is 0 Å². The third-order valence-corrected chi connectivity index (χ3v) is 5.62. The molecule has 0 unspecified atom stereocenters. The van der Waals surface area contributed by atoms with Crippen LogP contribution in [-0.2, 0) is 15.0 Å². The van der Waals surface area contributed by atoms with E-state index >= 15 is 0 Å². The Labute approximate surface area is 156 Å². The molecule has 5 heteroatoms. The highest BCUT2D eigenvalue weighted by molar-refractivity contribution is 5.83. The number of aliphatic carboxylic acids is 1. The van der Waals surface area contributed by atoms with Gasteiger partial charge in [0.2, 0.25) is 5.91 Å². The van der Waals surface area contributed by atoms with E-state index in [0.29, 0.717) is 38.8 Å². The van der Waals surface area contributed by atoms with Crippen molar-refractivity contribution in [3.63, 3.8) is 0 Å². The number of carboxylic acid groups (broad SMARTS) is 1. The largest absolute Gasteiger partial charge is 0.481 e. The molecule has 1 aromatic carbocycles. The summed E-state index contributed by atoms with van der Waals surface area (Å²) in [6.45, 7) is 4.84. The topological polar surface area (TPSA) is 77.8 Å². The lowest BCUT2D eigenvalue weighted by molar-refractivity contribution is -0.149. The molecule has 0 saturated carbocycles. The summed E-state index contributed by atoms with van der Waals surface area (Å²) < 4.78 is 0. The Balaban J connectivity index is 2.06. The van der Waals surface area contributed by atoms with Gasteiger partial charge in [0.15, 0.2) is 0 Å². The van der Waals surface area contributed by atoms with Gasteiger partial charge in [-0.2, -0.15) is 0 Å². The summed E-state index contributed by atoms with van der Waals surface area (Å²) in [5.74, 6) is -0.897. The number of rotatable bonds is 8. The summed E-state index contributed by atoms with van der Waals surface area (Å²) in [5.41, 5.74) is -1.07. The number of carbonyl (C=O) groups excluding carboxylic acids is 1. The quantitative estimate of drug-likeness (QED) is 0.744. The van der Waals surface area contributed by atoms with Crippen molar-refractivity contribution in [3.8, 4) is 0 Å². The van der Waals surface area contributed by atoms with Gasteiger partial charge in [-0.1, -0.05) is 57.0 Å². The molecule has 2 rings (SSSR count). The van der Waals surface area contributed by atoms with Crippen molar-refractivity contribution in [2.45, 2.75) is 69.8 Å². The van der Waals surface area contributed by atoms with Crippen molar-refractivity contribution < 1.29 is 19.8 Å². The van der Waals surface area contributed by atoms with Gasteiger partial charge in [-0.05, 0) is 31.2 Å². The number of piperidine rings is 1. The van der Waals surface area contributed by atoms with E-state index in [9.17, 15) is 19.8 Å². The lowest BCUT2D eigenvalue weighted by Crippen LogP contribution is -2.50. The number of aliphatic hydroxyl groups is 1. The number of nitrogens with zero attached hydrogens (tertiary/aromatic N) is 1. The number of hydrogen-bond acceptors (Lipinski definition) is 3. The van der Waals surface area contributed by atoms with E-state index in [1.165, 1.54) is 0 Å². The highest BCUT2D eigenvalue weighted by Crippen LogP contribution is 2.36. The summed E-state index contributed by atoms with van der Waals surface area (Å²) in [5, 5.41) is 20.6. The van der Waals surface area contributed by atoms with E-state index in [-0.39, 0.29) is 12.3 Å². The summed E-state index contributed by atoms with van der Waals surface area (Å²) in [7, 11) is 0. The first-order valence-corrected chi connectivity index (χ1v) is 9.66. The Hall–Kier alpha value is -1.88. The second-order valence-electron chi connectivity index (χ2n) is 7.54. The predicted molar refractivity (Wildman–Crippen MR) is 101 cm³/mol. The minimum absolute atomic E-state index is 0.0681. The average molecular weight is 361 g/mol. The van der Waals surface area contributed by atoms with E-state index in [0.717, 1.165) is 18.4 Å². The minimum atomic E-state index is -0.943. The molecule has 1 aliphatic heterocycles. The maximum absolute atomic E-state index is 12.7. The fourth-order valence-electron chi connectivity index (χ4n) is 4.15. The molecular formula is C21H31NO4. The lowest BCUT2D eigenvalue weighted by atomic mass is 9.72. The Morgan fingerprint density at radius 1 is 1.08 bits per heavy atom. The Bertz CT molecular complexity index is 600. The van der Waals surface area contributed by atoms with Gasteiger partial charge in [0.05, 0.1) is 17.4 Å². The monoisotopic (exact) mass is 361 g/mol. The second kappa shape index (κ2) is 8.67. The van der Waals surface area contributed by atoms with Crippen LogP contribution in [0.25, 0.3) is 0 Å². The maximum Gasteiger partial charge on any atom is 0.314 e. The molecule has 1 fully saturated rings. The van der Waals surface area contributed by atoms with Gasteiger partial charge in [-0.25, -0.2) is 0 Å². The Morgan fingerprint density at radius 2 is 1.62 bits per heavy atom. The average Bonchev–Trinajstić information content (AvgIpc) is 2.62. The molecule has 1 aromatic rings. The zero-order valence-electron chi connectivity index (χ0n) is 15.9. The first-order valence-electron chi connectivity index (χ1n) is 9.66. The molecule has 144 valence electrons. The summed E-state index contributed by atoms with van der Waals surface area (Å²) in [6.07, 6.45) is 3.82. The van der Waals surface area contributed by atoms with Crippen LogP contribution in [0, 0.1) is 0 Å². The van der Waals surface area contributed by atoms with Crippen molar-refractivity contribution in [2.24, 2.45) is 0 Å². The third-order valence-electron chi connectivity index (χ3n) is 5.62. The lowest BCUT2D eigenvalue weighted by Gasteiger charge is -2.40. The van der Waals surface area contributed by atoms with E-state index in [2.05, 4.69) is 0 Å². The number of likely N-dealkylation sites (tertiary alicyclic amines) is 1. The summed E-state index contributed by atoms with van der Waals surface area (Å²) in [6, 6.07) is 9.29. The second-order valence-corrected chi connectivity index (χ2v) is 7.54. The summed E-state index contributed by atoms with van der Waals surface area (Å²) >= 11 is 0. The van der Waals surface area contributed by atoms with Crippen LogP contribution in [0.2, 0.25) is 0 Å². The molecule has 0 aromatic heterocycles. The molecule has 1 aliphatic rings. The molecule has 0 radical (unpaired) electrons. The van der Waals surface area contributed by atoms with Gasteiger partial charge in [0, 0.05) is 13.1 Å². The number of carboxylic acids is 1. The zero-order valence-corrected chi connectivity index (χ0v) is 15.9. The Kier molecular flexibility index (Phi) is 6.81. The van der Waals surface area contributed by atoms with Crippen LogP contribution in [0.4, 0.5) is 0 Å². The number of benzene rings is 1. The molecule has 1 saturated heterocycles. The van der Waals surface area contributed by atoms with Gasteiger partial charge in [-0.3, -0.25) is 9.59 Å². The van der Waals surface area contributed by atoms with Crippen LogP contribution in [-0.4, -0.2) is 45.7 Å². The molecule has 1 heterocycles. The highest BCUT2D eigenvalue weighted by atomic mass is 16.4. The number of hydrogen-bond donors (Lipinski definition) is 2. The van der Waals surface area contributed by atoms with Crippen molar-refractivity contribution in [1.82, 2.24) is 4.90 Å². The first kappa shape index (κ1) is 20.4. The molecule has 0 aliphatic carbocycles. The molecule has 5 nitrogen and oxygen atoms in total. The normalized spacial score (nSPS) is 17.1. The fourth-order valence-corrected chi connectivity index (χ4v) is 4.15. The smallest absolute Gasteiger partial charge is 0.314 e. The van der Waals surface area contributed by atoms with Crippen LogP contribution >= 0.6 is 0 Å². The van der Waals surface area contributed by atoms with Gasteiger partial charge in [0.1, 0.15) is 0 Å². The van der Waals surface area contributed by atoms with Crippen LogP contribution in [0.5, 0.6) is 0 Å². The SMILES string of the molecule is CCCC(O)(CCC)CC(=O)N1CCC(C(=O)O)(c2ccccc2)CC1. The van der Waals surface area contributed by atoms with Crippen LogP contribution in [0.1, 0.15) is 64.4 Å². The van der Waals surface area contributed by atoms with Gasteiger partial charge in [0.25, 0.3) is 0 Å². The van der Waals surface area contributed by atoms with Crippen LogP contribution in [0.3, 0.4) is 0 Å². The first-order chi connectivity index (χ1) is 12.4. The van der Waals surface area contributed by atoms with E-state index in [1.807, 2.05) is 44.2 Å². The van der Waals surface area contributed by atoms with Gasteiger partial charge in [-0.15, -0.1) is 0 Å². The zero-order chi connectivity index (χ0) is 19.2. The van der Waals surface area contributed by atoms with Crippen molar-refractivity contribution >= 4 is 11.9 Å². The van der Waals surface area contributed by atoms with Crippen molar-refractivity contribution in [3.05, 3.63) is 35.9 Å². The molecule has 0 atom stereocenters. The van der Waals surface area contributed by atoms with Gasteiger partial charge < -0.3 is 15.1 Å². The van der Waals surface area contributed by atoms with Gasteiger partial charge >= 0.3 is 5.97 Å². The van der Waals surface area contributed by atoms with Crippen LogP contribution < -0.4 is 0 Å². The van der Waals surface area contributed by atoms with E-state index in [1.54, 1.807) is 4.90 Å². The minimum Gasteiger partial charge on any atom is -0.481 e. The highest BCUT2D eigenvalue weighted by Gasteiger charge is 2.44. The predicted octanol–water partition coefficient (Wildman–Crippen LogP) is 3.35. The van der Waals surface area contributed by atoms with E-state index < -0.39 is 17.0 Å². The van der Waals surface area contributed by atoms with Crippen molar-refractivity contribution in [2.75, 3.05) is 13.1 Å². The molecular weight excluding hydrogens is 330 g/mol.